The number of carbonyl (C=O) groups is 2. The monoisotopic (exact) mass is 262 g/mol. The van der Waals surface area contributed by atoms with Gasteiger partial charge in [-0.05, 0) is 18.4 Å². The quantitative estimate of drug-likeness (QED) is 0.613. The number of amides is 2. The molecule has 1 atom stereocenters. The Hall–Kier alpha value is -1.88. The number of likely N-dealkylation sites (tertiary alicyclic amines) is 1. The number of hydrogen-bond donors (Lipinski definition) is 2. The summed E-state index contributed by atoms with van der Waals surface area (Å²) in [6.07, 6.45) is 1.57. The number of hydroxylamine groups is 1. The second-order valence-electron chi connectivity index (χ2n) is 4.79. The van der Waals surface area contributed by atoms with Crippen LogP contribution in [0.3, 0.4) is 0 Å². The molecule has 1 heterocycles. The van der Waals surface area contributed by atoms with Crippen molar-refractivity contribution in [1.29, 1.82) is 0 Å². The van der Waals surface area contributed by atoms with Gasteiger partial charge in [0.15, 0.2) is 0 Å². The summed E-state index contributed by atoms with van der Waals surface area (Å²) in [5.41, 5.74) is 2.78. The molecule has 19 heavy (non-hydrogen) atoms. The number of nitrogens with zero attached hydrogens (tertiary/aromatic N) is 1. The van der Waals surface area contributed by atoms with E-state index in [4.69, 9.17) is 5.21 Å². The maximum Gasteiger partial charge on any atom is 0.244 e. The zero-order chi connectivity index (χ0) is 13.7. The Morgan fingerprint density at radius 1 is 1.37 bits per heavy atom. The molecular weight excluding hydrogens is 244 g/mol. The first-order valence-electron chi connectivity index (χ1n) is 6.46. The molecule has 1 saturated heterocycles. The normalized spacial score (nSPS) is 18.7. The van der Waals surface area contributed by atoms with Crippen molar-refractivity contribution in [3.8, 4) is 0 Å². The molecule has 2 amide bonds. The number of benzene rings is 1. The molecule has 102 valence electrons. The maximum absolute atomic E-state index is 12.0. The number of hydrogen-bond acceptors (Lipinski definition) is 3. The molecule has 1 aromatic rings. The minimum absolute atomic E-state index is 0.0135. The first-order valence-corrected chi connectivity index (χ1v) is 6.46. The van der Waals surface area contributed by atoms with Gasteiger partial charge in [-0.1, -0.05) is 30.3 Å². The van der Waals surface area contributed by atoms with E-state index in [9.17, 15) is 9.59 Å². The summed E-state index contributed by atoms with van der Waals surface area (Å²) < 4.78 is 0. The molecule has 0 saturated carbocycles. The minimum atomic E-state index is -0.497. The zero-order valence-electron chi connectivity index (χ0n) is 10.7. The van der Waals surface area contributed by atoms with Crippen molar-refractivity contribution >= 4 is 11.8 Å². The van der Waals surface area contributed by atoms with E-state index >= 15 is 0 Å². The van der Waals surface area contributed by atoms with Gasteiger partial charge in [0.25, 0.3) is 0 Å². The van der Waals surface area contributed by atoms with Gasteiger partial charge in [0, 0.05) is 25.4 Å². The molecular formula is C14H18N2O3. The molecule has 1 fully saturated rings. The summed E-state index contributed by atoms with van der Waals surface area (Å²) in [4.78, 5) is 24.9. The zero-order valence-corrected chi connectivity index (χ0v) is 10.7. The van der Waals surface area contributed by atoms with Crippen molar-refractivity contribution in [2.45, 2.75) is 19.3 Å². The summed E-state index contributed by atoms with van der Waals surface area (Å²) in [6, 6.07) is 10.0. The van der Waals surface area contributed by atoms with Crippen LogP contribution in [0, 0.1) is 5.92 Å². The van der Waals surface area contributed by atoms with Crippen LogP contribution < -0.4 is 5.48 Å². The van der Waals surface area contributed by atoms with E-state index < -0.39 is 5.91 Å². The highest BCUT2D eigenvalue weighted by Gasteiger charge is 2.32. The van der Waals surface area contributed by atoms with Crippen LogP contribution in [0.2, 0.25) is 0 Å². The second-order valence-corrected chi connectivity index (χ2v) is 4.79. The molecule has 1 aliphatic heterocycles. The largest absolute Gasteiger partial charge is 0.342 e. The highest BCUT2D eigenvalue weighted by atomic mass is 16.5. The van der Waals surface area contributed by atoms with Crippen molar-refractivity contribution in [1.82, 2.24) is 10.4 Å². The number of carbonyl (C=O) groups excluding carboxylic acids is 2. The fourth-order valence-electron chi connectivity index (χ4n) is 2.39. The highest BCUT2D eigenvalue weighted by molar-refractivity contribution is 5.86. The Morgan fingerprint density at radius 3 is 2.79 bits per heavy atom. The second kappa shape index (κ2) is 6.33. The van der Waals surface area contributed by atoms with Gasteiger partial charge >= 0.3 is 0 Å². The van der Waals surface area contributed by atoms with Gasteiger partial charge in [-0.2, -0.15) is 0 Å². The topological polar surface area (TPSA) is 69.6 Å². The summed E-state index contributed by atoms with van der Waals surface area (Å²) in [5, 5.41) is 8.47. The van der Waals surface area contributed by atoms with Crippen molar-refractivity contribution in [3.63, 3.8) is 0 Å². The summed E-state index contributed by atoms with van der Waals surface area (Å²) in [5.74, 6) is -0.772. The first-order chi connectivity index (χ1) is 9.20. The highest BCUT2D eigenvalue weighted by Crippen LogP contribution is 2.21. The van der Waals surface area contributed by atoms with E-state index in [1.165, 1.54) is 5.56 Å². The summed E-state index contributed by atoms with van der Waals surface area (Å²) >= 11 is 0. The van der Waals surface area contributed by atoms with Crippen LogP contribution in [0.25, 0.3) is 0 Å². The molecule has 0 bridgehead atoms. The lowest BCUT2D eigenvalue weighted by Gasteiger charge is -2.16. The third kappa shape index (κ3) is 3.54. The van der Waals surface area contributed by atoms with Gasteiger partial charge in [-0.15, -0.1) is 0 Å². The molecule has 2 rings (SSSR count). The van der Waals surface area contributed by atoms with Gasteiger partial charge in [0.2, 0.25) is 11.8 Å². The van der Waals surface area contributed by atoms with Crippen LogP contribution in [-0.2, 0) is 16.0 Å². The molecule has 1 aromatic carbocycles. The smallest absolute Gasteiger partial charge is 0.244 e. The van der Waals surface area contributed by atoms with E-state index in [2.05, 4.69) is 0 Å². The van der Waals surface area contributed by atoms with E-state index in [0.717, 1.165) is 6.42 Å². The molecule has 0 spiro atoms. The van der Waals surface area contributed by atoms with Crippen molar-refractivity contribution in [2.24, 2.45) is 5.92 Å². The fraction of sp³-hybridized carbons (Fsp3) is 0.429. The van der Waals surface area contributed by atoms with Crippen LogP contribution in [0.15, 0.2) is 30.3 Å². The number of nitrogens with one attached hydrogen (secondary N) is 1. The molecule has 0 radical (unpaired) electrons. The Morgan fingerprint density at radius 2 is 2.11 bits per heavy atom. The van der Waals surface area contributed by atoms with Gasteiger partial charge in [-0.3, -0.25) is 14.8 Å². The first kappa shape index (κ1) is 13.5. The van der Waals surface area contributed by atoms with Gasteiger partial charge < -0.3 is 4.90 Å². The van der Waals surface area contributed by atoms with Crippen LogP contribution >= 0.6 is 0 Å². The Bertz CT molecular complexity index is 447. The molecule has 5 heteroatoms. The lowest BCUT2D eigenvalue weighted by molar-refractivity contribution is -0.136. The lowest BCUT2D eigenvalue weighted by Crippen LogP contribution is -2.31. The molecule has 0 aromatic heterocycles. The molecule has 1 unspecified atom stereocenters. The van der Waals surface area contributed by atoms with Crippen LogP contribution in [0.4, 0.5) is 0 Å². The average molecular weight is 262 g/mol. The van der Waals surface area contributed by atoms with Gasteiger partial charge in [0.1, 0.15) is 0 Å². The lowest BCUT2D eigenvalue weighted by atomic mass is 10.0. The molecule has 5 nitrogen and oxygen atoms in total. The third-order valence-corrected chi connectivity index (χ3v) is 3.48. The van der Waals surface area contributed by atoms with Crippen LogP contribution in [0.1, 0.15) is 18.4 Å². The van der Waals surface area contributed by atoms with Crippen LogP contribution in [0.5, 0.6) is 0 Å². The summed E-state index contributed by atoms with van der Waals surface area (Å²) in [7, 11) is 0. The molecule has 0 aliphatic carbocycles. The Labute approximate surface area is 112 Å². The fourth-order valence-corrected chi connectivity index (χ4v) is 2.39. The van der Waals surface area contributed by atoms with E-state index in [-0.39, 0.29) is 18.2 Å². The molecule has 1 aliphatic rings. The average Bonchev–Trinajstić information content (AvgIpc) is 2.78. The molecule has 2 N–H and O–H groups in total. The van der Waals surface area contributed by atoms with Crippen molar-refractivity contribution < 1.29 is 14.8 Å². The van der Waals surface area contributed by atoms with Gasteiger partial charge in [-0.25, -0.2) is 5.48 Å². The van der Waals surface area contributed by atoms with E-state index in [1.807, 2.05) is 30.3 Å². The SMILES string of the molecule is O=C(CC1CCN(CCc2ccccc2)C1=O)NO. The van der Waals surface area contributed by atoms with E-state index in [0.29, 0.717) is 19.5 Å². The third-order valence-electron chi connectivity index (χ3n) is 3.48. The minimum Gasteiger partial charge on any atom is -0.342 e. The number of rotatable bonds is 5. The predicted octanol–water partition coefficient (Wildman–Crippen LogP) is 0.973. The maximum atomic E-state index is 12.0. The Balaban J connectivity index is 1.83. The predicted molar refractivity (Wildman–Crippen MR) is 69.4 cm³/mol. The van der Waals surface area contributed by atoms with E-state index in [1.54, 1.807) is 10.4 Å². The summed E-state index contributed by atoms with van der Waals surface area (Å²) in [6.45, 7) is 1.37. The Kier molecular flexibility index (Phi) is 4.52. The van der Waals surface area contributed by atoms with Crippen molar-refractivity contribution in [3.05, 3.63) is 35.9 Å². The van der Waals surface area contributed by atoms with Crippen LogP contribution in [-0.4, -0.2) is 35.0 Å². The van der Waals surface area contributed by atoms with Gasteiger partial charge in [0.05, 0.1) is 0 Å². The standard InChI is InChI=1S/C14H18N2O3/c17-13(15-19)10-12-7-9-16(14(12)18)8-6-11-4-2-1-3-5-11/h1-5,12,19H,6-10H2,(H,15,17). The van der Waals surface area contributed by atoms with Crippen molar-refractivity contribution in [2.75, 3.05) is 13.1 Å².